The summed E-state index contributed by atoms with van der Waals surface area (Å²) in [5.74, 6) is -0.229. The van der Waals surface area contributed by atoms with E-state index in [4.69, 9.17) is 0 Å². The van der Waals surface area contributed by atoms with Crippen molar-refractivity contribution in [1.82, 2.24) is 9.88 Å². The minimum Gasteiger partial charge on any atom is -0.504 e. The largest absolute Gasteiger partial charge is 0.504 e. The zero-order chi connectivity index (χ0) is 17.8. The van der Waals surface area contributed by atoms with E-state index in [2.05, 4.69) is 10.3 Å². The van der Waals surface area contributed by atoms with E-state index in [1.165, 1.54) is 12.3 Å². The third-order valence-electron chi connectivity index (χ3n) is 4.56. The maximum atomic E-state index is 12.6. The highest BCUT2D eigenvalue weighted by Gasteiger charge is 2.28. The Morgan fingerprint density at radius 3 is 2.56 bits per heavy atom. The van der Waals surface area contributed by atoms with Gasteiger partial charge < -0.3 is 15.3 Å². The zero-order valence-corrected chi connectivity index (χ0v) is 14.1. The Morgan fingerprint density at radius 2 is 1.88 bits per heavy atom. The van der Waals surface area contributed by atoms with E-state index < -0.39 is 0 Å². The van der Waals surface area contributed by atoms with Crippen LogP contribution < -0.4 is 5.32 Å². The number of pyridine rings is 1. The van der Waals surface area contributed by atoms with Crippen molar-refractivity contribution in [2.45, 2.75) is 19.8 Å². The van der Waals surface area contributed by atoms with E-state index in [0.717, 1.165) is 5.56 Å². The smallest absolute Gasteiger partial charge is 0.254 e. The van der Waals surface area contributed by atoms with E-state index >= 15 is 0 Å². The van der Waals surface area contributed by atoms with E-state index in [1.54, 1.807) is 11.0 Å². The number of benzene rings is 1. The van der Waals surface area contributed by atoms with Crippen LogP contribution in [-0.2, 0) is 4.79 Å². The molecule has 1 aliphatic rings. The van der Waals surface area contributed by atoms with Crippen molar-refractivity contribution >= 4 is 17.6 Å². The molecule has 2 aromatic rings. The molecule has 1 aliphatic heterocycles. The third-order valence-corrected chi connectivity index (χ3v) is 4.56. The molecule has 0 saturated carbocycles. The maximum Gasteiger partial charge on any atom is 0.254 e. The number of carbonyl (C=O) groups is 2. The fourth-order valence-corrected chi connectivity index (χ4v) is 3.04. The lowest BCUT2D eigenvalue weighted by Crippen LogP contribution is -2.41. The van der Waals surface area contributed by atoms with Crippen molar-refractivity contribution in [1.29, 1.82) is 0 Å². The van der Waals surface area contributed by atoms with Crippen molar-refractivity contribution in [2.24, 2.45) is 5.92 Å². The highest BCUT2D eigenvalue weighted by molar-refractivity contribution is 5.96. The second kappa shape index (κ2) is 7.34. The van der Waals surface area contributed by atoms with Gasteiger partial charge in [-0.2, -0.15) is 0 Å². The molecular weight excluding hydrogens is 318 g/mol. The number of nitrogens with one attached hydrogen (secondary N) is 1. The van der Waals surface area contributed by atoms with Gasteiger partial charge in [0.05, 0.1) is 0 Å². The Balaban J connectivity index is 1.58. The minimum absolute atomic E-state index is 0.0133. The summed E-state index contributed by atoms with van der Waals surface area (Å²) in [4.78, 5) is 30.7. The molecule has 2 heterocycles. The number of aromatic hydroxyl groups is 1. The van der Waals surface area contributed by atoms with Crippen LogP contribution in [0.1, 0.15) is 28.8 Å². The van der Waals surface area contributed by atoms with Gasteiger partial charge in [-0.05, 0) is 43.5 Å². The number of hydrogen-bond donors (Lipinski definition) is 2. The molecule has 6 nitrogen and oxygen atoms in total. The summed E-state index contributed by atoms with van der Waals surface area (Å²) in [7, 11) is 0. The van der Waals surface area contributed by atoms with Gasteiger partial charge in [-0.3, -0.25) is 9.59 Å². The highest BCUT2D eigenvalue weighted by atomic mass is 16.3. The minimum atomic E-state index is -0.192. The number of amides is 2. The molecule has 1 fully saturated rings. The van der Waals surface area contributed by atoms with Gasteiger partial charge in [0.25, 0.3) is 5.91 Å². The molecule has 130 valence electrons. The molecule has 0 bridgehead atoms. The summed E-state index contributed by atoms with van der Waals surface area (Å²) in [5.41, 5.74) is 1.67. The van der Waals surface area contributed by atoms with Crippen LogP contribution in [0.15, 0.2) is 42.6 Å². The predicted molar refractivity (Wildman–Crippen MR) is 94.3 cm³/mol. The summed E-state index contributed by atoms with van der Waals surface area (Å²) in [5, 5.41) is 12.4. The Morgan fingerprint density at radius 1 is 1.16 bits per heavy atom. The first-order valence-corrected chi connectivity index (χ1v) is 8.36. The SMILES string of the molecule is Cc1ccccc1C(=O)N1CCC(C(=O)Nc2ncccc2O)CC1. The number of carbonyl (C=O) groups excluding carboxylic acids is 2. The lowest BCUT2D eigenvalue weighted by Gasteiger charge is -2.31. The second-order valence-electron chi connectivity index (χ2n) is 6.24. The molecule has 6 heteroatoms. The number of aryl methyl sites for hydroxylation is 1. The monoisotopic (exact) mass is 339 g/mol. The van der Waals surface area contributed by atoms with Gasteiger partial charge in [0, 0.05) is 30.8 Å². The van der Waals surface area contributed by atoms with Crippen LogP contribution >= 0.6 is 0 Å². The number of nitrogens with zero attached hydrogens (tertiary/aromatic N) is 2. The van der Waals surface area contributed by atoms with E-state index in [9.17, 15) is 14.7 Å². The fraction of sp³-hybridized carbons (Fsp3) is 0.316. The van der Waals surface area contributed by atoms with Crippen molar-refractivity contribution < 1.29 is 14.7 Å². The normalized spacial score (nSPS) is 15.0. The molecule has 2 amide bonds. The number of rotatable bonds is 3. The standard InChI is InChI=1S/C19H21N3O3/c1-13-5-2-3-6-15(13)19(25)22-11-8-14(9-12-22)18(24)21-17-16(23)7-4-10-20-17/h2-7,10,14,23H,8-9,11-12H2,1H3,(H,20,21,24). The van der Waals surface area contributed by atoms with Gasteiger partial charge in [0.15, 0.2) is 11.6 Å². The van der Waals surface area contributed by atoms with Crippen LogP contribution in [0.4, 0.5) is 5.82 Å². The molecule has 0 spiro atoms. The molecule has 0 unspecified atom stereocenters. The van der Waals surface area contributed by atoms with Gasteiger partial charge in [-0.1, -0.05) is 18.2 Å². The molecular formula is C19H21N3O3. The highest BCUT2D eigenvalue weighted by Crippen LogP contribution is 2.24. The lowest BCUT2D eigenvalue weighted by atomic mass is 9.95. The number of aromatic nitrogens is 1. The second-order valence-corrected chi connectivity index (χ2v) is 6.24. The molecule has 0 atom stereocenters. The molecule has 1 aromatic heterocycles. The van der Waals surface area contributed by atoms with Crippen molar-refractivity contribution in [2.75, 3.05) is 18.4 Å². The Labute approximate surface area is 146 Å². The van der Waals surface area contributed by atoms with E-state index in [1.807, 2.05) is 31.2 Å². The van der Waals surface area contributed by atoms with Crippen LogP contribution in [0, 0.1) is 12.8 Å². The van der Waals surface area contributed by atoms with Crippen LogP contribution in [0.3, 0.4) is 0 Å². The number of likely N-dealkylation sites (tertiary alicyclic amines) is 1. The molecule has 1 aromatic carbocycles. The van der Waals surface area contributed by atoms with Crippen LogP contribution in [0.2, 0.25) is 0 Å². The van der Waals surface area contributed by atoms with Gasteiger partial charge in [0.1, 0.15) is 0 Å². The Bertz CT molecular complexity index is 783. The van der Waals surface area contributed by atoms with Crippen LogP contribution in [-0.4, -0.2) is 39.9 Å². The van der Waals surface area contributed by atoms with E-state index in [-0.39, 0.29) is 29.3 Å². The van der Waals surface area contributed by atoms with Crippen LogP contribution in [0.5, 0.6) is 5.75 Å². The van der Waals surface area contributed by atoms with E-state index in [0.29, 0.717) is 31.5 Å². The molecule has 1 saturated heterocycles. The summed E-state index contributed by atoms with van der Waals surface area (Å²) < 4.78 is 0. The summed E-state index contributed by atoms with van der Waals surface area (Å²) in [6.07, 6.45) is 2.70. The topological polar surface area (TPSA) is 82.5 Å². The molecule has 0 aliphatic carbocycles. The molecule has 2 N–H and O–H groups in total. The molecule has 25 heavy (non-hydrogen) atoms. The van der Waals surface area contributed by atoms with Crippen molar-refractivity contribution in [3.8, 4) is 5.75 Å². The average Bonchev–Trinajstić information content (AvgIpc) is 2.63. The number of hydrogen-bond acceptors (Lipinski definition) is 4. The molecule has 0 radical (unpaired) electrons. The van der Waals surface area contributed by atoms with Gasteiger partial charge in [-0.15, -0.1) is 0 Å². The lowest BCUT2D eigenvalue weighted by molar-refractivity contribution is -0.121. The summed E-state index contributed by atoms with van der Waals surface area (Å²) in [6, 6.07) is 10.6. The maximum absolute atomic E-state index is 12.6. The Kier molecular flexibility index (Phi) is 4.97. The Hall–Kier alpha value is -2.89. The third kappa shape index (κ3) is 3.79. The van der Waals surface area contributed by atoms with Crippen LogP contribution in [0.25, 0.3) is 0 Å². The first-order valence-electron chi connectivity index (χ1n) is 8.36. The zero-order valence-electron chi connectivity index (χ0n) is 14.1. The summed E-state index contributed by atoms with van der Waals surface area (Å²) in [6.45, 7) is 3.01. The average molecular weight is 339 g/mol. The molecule has 3 rings (SSSR count). The van der Waals surface area contributed by atoms with Crippen molar-refractivity contribution in [3.05, 3.63) is 53.7 Å². The van der Waals surface area contributed by atoms with Gasteiger partial charge in [0.2, 0.25) is 5.91 Å². The summed E-state index contributed by atoms with van der Waals surface area (Å²) >= 11 is 0. The number of piperidine rings is 1. The first kappa shape index (κ1) is 17.0. The van der Waals surface area contributed by atoms with Gasteiger partial charge >= 0.3 is 0 Å². The quantitative estimate of drug-likeness (QED) is 0.900. The van der Waals surface area contributed by atoms with Gasteiger partial charge in [-0.25, -0.2) is 4.98 Å². The first-order chi connectivity index (χ1) is 12.1. The van der Waals surface area contributed by atoms with Crippen molar-refractivity contribution in [3.63, 3.8) is 0 Å². The number of anilines is 1. The predicted octanol–water partition coefficient (Wildman–Crippen LogP) is 2.59. The fourth-order valence-electron chi connectivity index (χ4n) is 3.04.